The topological polar surface area (TPSA) is 242 Å². The minimum atomic E-state index is -4.18. The maximum absolute atomic E-state index is 10.8. The van der Waals surface area contributed by atoms with Crippen LogP contribution in [-0.4, -0.2) is 64.1 Å². The van der Waals surface area contributed by atoms with Crippen molar-refractivity contribution in [3.8, 4) is 0 Å². The van der Waals surface area contributed by atoms with E-state index in [9.17, 15) is 18.7 Å². The molecule has 0 aromatic carbocycles. The predicted molar refractivity (Wildman–Crippen MR) is 88.5 cm³/mol. The lowest BCUT2D eigenvalue weighted by molar-refractivity contribution is -0.143. The number of hydrogen-bond donors (Lipinski definition) is 8. The second-order valence-corrected chi connectivity index (χ2v) is 10.7. The first kappa shape index (κ1) is 23.2. The molecule has 2 rings (SSSR count). The molecule has 0 spiro atoms. The summed E-state index contributed by atoms with van der Waals surface area (Å²) in [5.74, 6) is -2.38. The summed E-state index contributed by atoms with van der Waals surface area (Å²) >= 11 is 0. The largest absolute Gasteiger partial charge is 0.480 e. The molecule has 0 heterocycles. The molecule has 0 aliphatic heterocycles. The first-order chi connectivity index (χ1) is 11.5. The second kappa shape index (κ2) is 7.65. The smallest absolute Gasteiger partial charge is 0.328 e. The van der Waals surface area contributed by atoms with Crippen LogP contribution in [0.5, 0.6) is 0 Å². The lowest BCUT2D eigenvalue weighted by Crippen LogP contribution is -2.45. The third-order valence-electron chi connectivity index (χ3n) is 4.85. The highest BCUT2D eigenvalue weighted by Gasteiger charge is 2.48. The van der Waals surface area contributed by atoms with Crippen LogP contribution in [0.3, 0.4) is 0 Å². The standard InChI is InChI=1S/2C6H12NO5P/c2*7-6(5(8)9)2-1-4(3-6)13(10,11)12/h2*4H,1-3,7H2,(H,8,9)(H2,10,11,12)/t2*4?,6-/m10/s1. The van der Waals surface area contributed by atoms with Gasteiger partial charge in [0.1, 0.15) is 11.1 Å². The Balaban J connectivity index is 0.000000260. The molecular formula is C12H24N2O10P2. The van der Waals surface area contributed by atoms with Crippen LogP contribution < -0.4 is 11.5 Å². The van der Waals surface area contributed by atoms with Gasteiger partial charge in [-0.1, -0.05) is 0 Å². The van der Waals surface area contributed by atoms with E-state index in [-0.39, 0.29) is 38.5 Å². The van der Waals surface area contributed by atoms with E-state index in [1.54, 1.807) is 0 Å². The van der Waals surface area contributed by atoms with E-state index in [1.165, 1.54) is 0 Å². The molecule has 152 valence electrons. The van der Waals surface area contributed by atoms with Gasteiger partial charge in [-0.2, -0.15) is 0 Å². The summed E-state index contributed by atoms with van der Waals surface area (Å²) < 4.78 is 21.6. The molecule has 0 radical (unpaired) electrons. The Morgan fingerprint density at radius 2 is 1.04 bits per heavy atom. The van der Waals surface area contributed by atoms with E-state index in [2.05, 4.69) is 0 Å². The second-order valence-electron chi connectivity index (χ2n) is 6.89. The van der Waals surface area contributed by atoms with E-state index < -0.39 is 49.5 Å². The van der Waals surface area contributed by atoms with Crippen LogP contribution >= 0.6 is 15.2 Å². The molecular weight excluding hydrogens is 394 g/mol. The van der Waals surface area contributed by atoms with Crippen LogP contribution in [0, 0.1) is 0 Å². The highest BCUT2D eigenvalue weighted by atomic mass is 31.2. The summed E-state index contributed by atoms with van der Waals surface area (Å²) in [7, 11) is -8.35. The number of hydrogen-bond acceptors (Lipinski definition) is 6. The van der Waals surface area contributed by atoms with Gasteiger partial charge in [0.2, 0.25) is 0 Å². The van der Waals surface area contributed by atoms with Gasteiger partial charge in [-0.15, -0.1) is 0 Å². The van der Waals surface area contributed by atoms with Crippen molar-refractivity contribution in [3.05, 3.63) is 0 Å². The number of carboxylic acid groups (broad SMARTS) is 2. The fraction of sp³-hybridized carbons (Fsp3) is 0.833. The third-order valence-corrected chi connectivity index (χ3v) is 7.63. The quantitative estimate of drug-likeness (QED) is 0.256. The highest BCUT2D eigenvalue weighted by Crippen LogP contribution is 2.52. The Bertz CT molecular complexity index is 604. The van der Waals surface area contributed by atoms with Crippen LogP contribution in [0.4, 0.5) is 0 Å². The van der Waals surface area contributed by atoms with Gasteiger partial charge < -0.3 is 41.3 Å². The maximum Gasteiger partial charge on any atom is 0.328 e. The SMILES string of the molecule is N[C@@]1(C(=O)O)CCC(P(=O)(O)O)C1.N[C@]1(C(=O)O)CCC(P(=O)(O)O)C1. The number of aliphatic carboxylic acids is 2. The van der Waals surface area contributed by atoms with E-state index in [0.29, 0.717) is 0 Å². The average Bonchev–Trinajstić information content (AvgIpc) is 3.04. The molecule has 0 bridgehead atoms. The number of rotatable bonds is 4. The van der Waals surface area contributed by atoms with Crippen molar-refractivity contribution >= 4 is 27.1 Å². The fourth-order valence-corrected chi connectivity index (χ4v) is 5.12. The van der Waals surface area contributed by atoms with Crippen LogP contribution in [0.25, 0.3) is 0 Å². The van der Waals surface area contributed by atoms with Gasteiger partial charge in [-0.05, 0) is 38.5 Å². The minimum Gasteiger partial charge on any atom is -0.480 e. The van der Waals surface area contributed by atoms with Crippen molar-refractivity contribution in [1.82, 2.24) is 0 Å². The lowest BCUT2D eigenvalue weighted by atomic mass is 10.0. The van der Waals surface area contributed by atoms with Crippen LogP contribution in [-0.2, 0) is 18.7 Å². The Labute approximate surface area is 148 Å². The first-order valence-electron chi connectivity index (χ1n) is 7.66. The zero-order chi connectivity index (χ0) is 20.6. The monoisotopic (exact) mass is 418 g/mol. The predicted octanol–water partition coefficient (Wildman–Crippen LogP) is -1.00. The van der Waals surface area contributed by atoms with Crippen LogP contribution in [0.2, 0.25) is 0 Å². The molecule has 4 atom stereocenters. The molecule has 2 fully saturated rings. The van der Waals surface area contributed by atoms with E-state index in [1.807, 2.05) is 0 Å². The molecule has 0 amide bonds. The van der Waals surface area contributed by atoms with Crippen molar-refractivity contribution in [2.24, 2.45) is 11.5 Å². The van der Waals surface area contributed by atoms with E-state index in [4.69, 9.17) is 41.3 Å². The Hall–Kier alpha value is -0.840. The molecule has 0 saturated heterocycles. The van der Waals surface area contributed by atoms with Gasteiger partial charge in [0.25, 0.3) is 0 Å². The van der Waals surface area contributed by atoms with Crippen molar-refractivity contribution < 1.29 is 48.5 Å². The molecule has 2 aliphatic carbocycles. The Morgan fingerprint density at radius 1 is 0.769 bits per heavy atom. The molecule has 12 nitrogen and oxygen atoms in total. The van der Waals surface area contributed by atoms with E-state index >= 15 is 0 Å². The molecule has 0 aromatic rings. The van der Waals surface area contributed by atoms with Gasteiger partial charge in [-0.3, -0.25) is 18.7 Å². The summed E-state index contributed by atoms with van der Waals surface area (Å²) in [5.41, 5.74) is 6.20. The zero-order valence-electron chi connectivity index (χ0n) is 13.8. The first-order valence-corrected chi connectivity index (χ1v) is 11.0. The molecule has 26 heavy (non-hydrogen) atoms. The average molecular weight is 418 g/mol. The third kappa shape index (κ3) is 5.58. The summed E-state index contributed by atoms with van der Waals surface area (Å²) in [6.07, 6.45) is 0.301. The summed E-state index contributed by atoms with van der Waals surface area (Å²) in [6.45, 7) is 0. The summed E-state index contributed by atoms with van der Waals surface area (Å²) in [5, 5.41) is 17.4. The molecule has 2 saturated carbocycles. The van der Waals surface area contributed by atoms with Gasteiger partial charge in [-0.25, -0.2) is 0 Å². The van der Waals surface area contributed by atoms with Gasteiger partial charge in [0, 0.05) is 0 Å². The number of carbonyl (C=O) groups is 2. The zero-order valence-corrected chi connectivity index (χ0v) is 15.6. The molecule has 2 unspecified atom stereocenters. The molecule has 14 heteroatoms. The van der Waals surface area contributed by atoms with Gasteiger partial charge >= 0.3 is 27.1 Å². The summed E-state index contributed by atoms with van der Waals surface area (Å²) in [6, 6.07) is 0. The molecule has 0 aromatic heterocycles. The van der Waals surface area contributed by atoms with Crippen molar-refractivity contribution in [3.63, 3.8) is 0 Å². The van der Waals surface area contributed by atoms with Crippen molar-refractivity contribution in [1.29, 1.82) is 0 Å². The minimum absolute atomic E-state index is 0.123. The van der Waals surface area contributed by atoms with Gasteiger partial charge in [0.05, 0.1) is 11.3 Å². The van der Waals surface area contributed by atoms with Gasteiger partial charge in [0.15, 0.2) is 0 Å². The number of carboxylic acids is 2. The van der Waals surface area contributed by atoms with Crippen molar-refractivity contribution in [2.75, 3.05) is 0 Å². The molecule has 10 N–H and O–H groups in total. The maximum atomic E-state index is 10.8. The normalized spacial score (nSPS) is 34.8. The fourth-order valence-electron chi connectivity index (χ4n) is 3.06. The Morgan fingerprint density at radius 3 is 1.15 bits per heavy atom. The summed E-state index contributed by atoms with van der Waals surface area (Å²) in [4.78, 5) is 56.4. The lowest BCUT2D eigenvalue weighted by Gasteiger charge is -2.18. The van der Waals surface area contributed by atoms with E-state index in [0.717, 1.165) is 0 Å². The molecule has 2 aliphatic rings. The Kier molecular flexibility index (Phi) is 6.83. The van der Waals surface area contributed by atoms with Crippen LogP contribution in [0.15, 0.2) is 0 Å². The highest BCUT2D eigenvalue weighted by molar-refractivity contribution is 7.52. The number of nitrogens with two attached hydrogens (primary N) is 2. The van der Waals surface area contributed by atoms with Crippen molar-refractivity contribution in [2.45, 2.75) is 60.9 Å². The van der Waals surface area contributed by atoms with Crippen LogP contribution in [0.1, 0.15) is 38.5 Å².